The number of ether oxygens (including phenoxy) is 1. The Bertz CT molecular complexity index is 769. The maximum Gasteiger partial charge on any atom is 0.287 e. The quantitative estimate of drug-likeness (QED) is 0.844. The molecule has 3 heterocycles. The van der Waals surface area contributed by atoms with Gasteiger partial charge in [-0.25, -0.2) is 0 Å². The van der Waals surface area contributed by atoms with Crippen molar-refractivity contribution in [1.29, 1.82) is 0 Å². The zero-order valence-corrected chi connectivity index (χ0v) is 16.1. The van der Waals surface area contributed by atoms with Gasteiger partial charge in [-0.2, -0.15) is 0 Å². The Hall–Kier alpha value is -1.82. The van der Waals surface area contributed by atoms with E-state index in [0.29, 0.717) is 12.3 Å². The first-order valence-electron chi connectivity index (χ1n) is 9.59. The number of halogens is 1. The Morgan fingerprint density at radius 3 is 2.74 bits per heavy atom. The van der Waals surface area contributed by atoms with Crippen LogP contribution in [0.3, 0.4) is 0 Å². The first-order valence-corrected chi connectivity index (χ1v) is 9.97. The molecular formula is C21H25ClN2O3. The van der Waals surface area contributed by atoms with Crippen LogP contribution in [-0.2, 0) is 11.3 Å². The molecule has 0 radical (unpaired) electrons. The summed E-state index contributed by atoms with van der Waals surface area (Å²) in [5, 5.41) is 3.75. The van der Waals surface area contributed by atoms with Crippen molar-refractivity contribution in [3.05, 3.63) is 59.0 Å². The van der Waals surface area contributed by atoms with Crippen LogP contribution in [0.4, 0.5) is 0 Å². The fourth-order valence-corrected chi connectivity index (χ4v) is 4.29. The van der Waals surface area contributed by atoms with Gasteiger partial charge in [0.1, 0.15) is 0 Å². The third kappa shape index (κ3) is 4.37. The average molecular weight is 389 g/mol. The summed E-state index contributed by atoms with van der Waals surface area (Å²) < 4.78 is 11.5. The average Bonchev–Trinajstić information content (AvgIpc) is 3.35. The van der Waals surface area contributed by atoms with Crippen LogP contribution in [0.5, 0.6) is 0 Å². The molecule has 1 aromatic carbocycles. The van der Waals surface area contributed by atoms with E-state index in [2.05, 4.69) is 16.3 Å². The minimum Gasteiger partial charge on any atom is -0.459 e. The van der Waals surface area contributed by atoms with Gasteiger partial charge in [0, 0.05) is 31.2 Å². The lowest BCUT2D eigenvalue weighted by Gasteiger charge is -2.39. The first kappa shape index (κ1) is 18.5. The second-order valence-corrected chi connectivity index (χ2v) is 7.92. The second-order valence-electron chi connectivity index (χ2n) is 7.52. The summed E-state index contributed by atoms with van der Waals surface area (Å²) in [6.45, 7) is 3.44. The molecule has 2 aromatic rings. The number of nitrogens with zero attached hydrogens (tertiary/aromatic N) is 1. The zero-order chi connectivity index (χ0) is 18.7. The minimum atomic E-state index is -0.181. The zero-order valence-electron chi connectivity index (χ0n) is 15.3. The summed E-state index contributed by atoms with van der Waals surface area (Å²) in [4.78, 5) is 14.4. The van der Waals surface area contributed by atoms with Gasteiger partial charge in [0.05, 0.1) is 18.0 Å². The van der Waals surface area contributed by atoms with Gasteiger partial charge in [-0.15, -0.1) is 0 Å². The maximum atomic E-state index is 12.0. The third-order valence-electron chi connectivity index (χ3n) is 5.69. The normalized spacial score (nSPS) is 22.2. The number of rotatable bonds is 5. The molecule has 2 aliphatic heterocycles. The third-order valence-corrected chi connectivity index (χ3v) is 6.06. The molecule has 2 fully saturated rings. The van der Waals surface area contributed by atoms with Crippen molar-refractivity contribution in [1.82, 2.24) is 10.2 Å². The maximum absolute atomic E-state index is 12.0. The largest absolute Gasteiger partial charge is 0.459 e. The lowest BCUT2D eigenvalue weighted by molar-refractivity contribution is -0.0764. The molecule has 5 nitrogen and oxygen atoms in total. The molecule has 144 valence electrons. The molecule has 1 unspecified atom stereocenters. The van der Waals surface area contributed by atoms with E-state index in [1.54, 1.807) is 12.1 Å². The van der Waals surface area contributed by atoms with Crippen molar-refractivity contribution in [2.75, 3.05) is 19.6 Å². The highest BCUT2D eigenvalue weighted by Gasteiger charge is 2.42. The summed E-state index contributed by atoms with van der Waals surface area (Å²) in [5.41, 5.74) is 1.15. The monoisotopic (exact) mass is 388 g/mol. The highest BCUT2D eigenvalue weighted by Crippen LogP contribution is 2.39. The fraction of sp³-hybridized carbons (Fsp3) is 0.476. The highest BCUT2D eigenvalue weighted by atomic mass is 35.5. The van der Waals surface area contributed by atoms with Crippen molar-refractivity contribution in [2.24, 2.45) is 0 Å². The van der Waals surface area contributed by atoms with Crippen LogP contribution in [0.1, 0.15) is 41.8 Å². The fourth-order valence-electron chi connectivity index (χ4n) is 4.09. The number of hydrogen-bond donors (Lipinski definition) is 1. The van der Waals surface area contributed by atoms with Crippen LogP contribution in [-0.4, -0.2) is 42.1 Å². The van der Waals surface area contributed by atoms with E-state index in [0.717, 1.165) is 50.3 Å². The Balaban J connectivity index is 1.24. The van der Waals surface area contributed by atoms with E-state index >= 15 is 0 Å². The van der Waals surface area contributed by atoms with E-state index in [-0.39, 0.29) is 17.6 Å². The molecule has 0 saturated carbocycles. The van der Waals surface area contributed by atoms with Crippen molar-refractivity contribution >= 4 is 17.5 Å². The van der Waals surface area contributed by atoms with Crippen LogP contribution in [0.15, 0.2) is 47.1 Å². The summed E-state index contributed by atoms with van der Waals surface area (Å²) in [6.07, 6.45) is 5.70. The highest BCUT2D eigenvalue weighted by molar-refractivity contribution is 6.31. The minimum absolute atomic E-state index is 0.0307. The standard InChI is InChI=1S/C21H25ClN2O3/c22-18-5-2-1-4-16(18)15-24-11-9-21(10-12-24)8-7-17(27-21)14-23-20(25)19-6-3-13-26-19/h1-6,13,17H,7-12,14-15H2,(H,23,25). The number of likely N-dealkylation sites (tertiary alicyclic amines) is 1. The smallest absolute Gasteiger partial charge is 0.287 e. The molecule has 1 atom stereocenters. The molecule has 2 saturated heterocycles. The SMILES string of the molecule is O=C(NCC1CCC2(CCN(Cc3ccccc3Cl)CC2)O1)c1ccco1. The van der Waals surface area contributed by atoms with E-state index < -0.39 is 0 Å². The van der Waals surface area contributed by atoms with Crippen molar-refractivity contribution in [2.45, 2.75) is 43.9 Å². The number of carbonyl (C=O) groups is 1. The first-order chi connectivity index (χ1) is 13.1. The Kier molecular flexibility index (Phi) is 5.53. The Morgan fingerprint density at radius 1 is 1.19 bits per heavy atom. The van der Waals surface area contributed by atoms with Gasteiger partial charge >= 0.3 is 0 Å². The molecule has 1 N–H and O–H groups in total. The van der Waals surface area contributed by atoms with Gasteiger partial charge in [-0.1, -0.05) is 29.8 Å². The van der Waals surface area contributed by atoms with Crippen LogP contribution >= 0.6 is 11.6 Å². The summed E-state index contributed by atoms with van der Waals surface area (Å²) in [6, 6.07) is 11.4. The van der Waals surface area contributed by atoms with E-state index in [9.17, 15) is 4.79 Å². The molecule has 2 aliphatic rings. The summed E-state index contributed by atoms with van der Waals surface area (Å²) >= 11 is 6.29. The van der Waals surface area contributed by atoms with Crippen LogP contribution in [0.25, 0.3) is 0 Å². The van der Waals surface area contributed by atoms with Crippen LogP contribution in [0.2, 0.25) is 5.02 Å². The Morgan fingerprint density at radius 2 is 2.00 bits per heavy atom. The number of hydrogen-bond acceptors (Lipinski definition) is 4. The molecule has 1 amide bonds. The number of furan rings is 1. The van der Waals surface area contributed by atoms with Crippen LogP contribution in [0, 0.1) is 0 Å². The topological polar surface area (TPSA) is 54.7 Å². The summed E-state index contributed by atoms with van der Waals surface area (Å²) in [7, 11) is 0. The number of carbonyl (C=O) groups excluding carboxylic acids is 1. The van der Waals surface area contributed by atoms with E-state index in [4.69, 9.17) is 20.8 Å². The van der Waals surface area contributed by atoms with Gasteiger partial charge in [0.2, 0.25) is 0 Å². The number of nitrogens with one attached hydrogen (secondary N) is 1. The molecule has 4 rings (SSSR count). The van der Waals surface area contributed by atoms with Gasteiger partial charge < -0.3 is 14.5 Å². The van der Waals surface area contributed by atoms with Crippen LogP contribution < -0.4 is 5.32 Å². The molecule has 1 aromatic heterocycles. The van der Waals surface area contributed by atoms with Gasteiger partial charge in [-0.05, 0) is 49.4 Å². The molecule has 1 spiro atoms. The molecule has 27 heavy (non-hydrogen) atoms. The van der Waals surface area contributed by atoms with E-state index in [1.165, 1.54) is 11.8 Å². The predicted octanol–water partition coefficient (Wildman–Crippen LogP) is 3.88. The number of piperidine rings is 1. The molecule has 0 aliphatic carbocycles. The van der Waals surface area contributed by atoms with Crippen molar-refractivity contribution < 1.29 is 13.9 Å². The summed E-state index contributed by atoms with van der Waals surface area (Å²) in [5.74, 6) is 0.162. The van der Waals surface area contributed by atoms with E-state index in [1.807, 2.05) is 18.2 Å². The molecular weight excluding hydrogens is 364 g/mol. The number of amides is 1. The van der Waals surface area contributed by atoms with Gasteiger partial charge in [0.15, 0.2) is 5.76 Å². The second kappa shape index (κ2) is 8.05. The molecule has 0 bridgehead atoms. The van der Waals surface area contributed by atoms with Crippen molar-refractivity contribution in [3.8, 4) is 0 Å². The van der Waals surface area contributed by atoms with Gasteiger partial charge in [0.25, 0.3) is 5.91 Å². The number of benzene rings is 1. The lowest BCUT2D eigenvalue weighted by atomic mass is 9.88. The lowest BCUT2D eigenvalue weighted by Crippen LogP contribution is -2.44. The molecule has 6 heteroatoms. The van der Waals surface area contributed by atoms with Crippen molar-refractivity contribution in [3.63, 3.8) is 0 Å². The Labute approximate surface area is 164 Å². The van der Waals surface area contributed by atoms with Gasteiger partial charge in [-0.3, -0.25) is 9.69 Å². The predicted molar refractivity (Wildman–Crippen MR) is 104 cm³/mol.